The molecule has 0 aliphatic heterocycles. The predicted molar refractivity (Wildman–Crippen MR) is 45.1 cm³/mol. The molecule has 12 heavy (non-hydrogen) atoms. The summed E-state index contributed by atoms with van der Waals surface area (Å²) in [7, 11) is 0. The van der Waals surface area contributed by atoms with Gasteiger partial charge < -0.3 is 0 Å². The van der Waals surface area contributed by atoms with Crippen molar-refractivity contribution in [2.45, 2.75) is 26.7 Å². The van der Waals surface area contributed by atoms with E-state index in [0.29, 0.717) is 12.0 Å². The monoisotopic (exact) mass is 170 g/mol. The topological polar surface area (TPSA) is 0 Å². The molecule has 0 N–H and O–H groups in total. The molecule has 0 atom stereocenters. The molecule has 0 nitrogen and oxygen atoms in total. The van der Waals surface area contributed by atoms with E-state index in [1.54, 1.807) is 6.07 Å². The van der Waals surface area contributed by atoms with Gasteiger partial charge in [0.1, 0.15) is 0 Å². The zero-order chi connectivity index (χ0) is 9.14. The van der Waals surface area contributed by atoms with Crippen molar-refractivity contribution in [1.29, 1.82) is 0 Å². The van der Waals surface area contributed by atoms with Crippen LogP contribution < -0.4 is 0 Å². The maximum atomic E-state index is 13.1. The summed E-state index contributed by atoms with van der Waals surface area (Å²) in [4.78, 5) is 0. The van der Waals surface area contributed by atoms with Crippen LogP contribution in [0.3, 0.4) is 0 Å². The van der Waals surface area contributed by atoms with E-state index in [1.165, 1.54) is 6.07 Å². The molecule has 0 aliphatic carbocycles. The fraction of sp³-hybridized carbons (Fsp3) is 0.400. The summed E-state index contributed by atoms with van der Waals surface area (Å²) in [6, 6.07) is 2.84. The summed E-state index contributed by atoms with van der Waals surface area (Å²) in [6.45, 7) is 3.77. The van der Waals surface area contributed by atoms with Crippen LogP contribution in [-0.2, 0) is 12.8 Å². The number of aryl methyl sites for hydroxylation is 1. The molecule has 0 spiro atoms. The number of hydrogen-bond donors (Lipinski definition) is 0. The zero-order valence-electron chi connectivity index (χ0n) is 7.32. The summed E-state index contributed by atoms with van der Waals surface area (Å²) in [5.41, 5.74) is 1.41. The number of halogens is 2. The Hall–Kier alpha value is -0.920. The highest BCUT2D eigenvalue weighted by molar-refractivity contribution is 5.29. The minimum atomic E-state index is -0.746. The first-order chi connectivity index (χ1) is 5.70. The normalized spacial score (nSPS) is 10.3. The van der Waals surface area contributed by atoms with Gasteiger partial charge in [-0.05, 0) is 30.0 Å². The number of rotatable bonds is 2. The van der Waals surface area contributed by atoms with Gasteiger partial charge in [0.2, 0.25) is 0 Å². The van der Waals surface area contributed by atoms with Gasteiger partial charge in [-0.25, -0.2) is 8.78 Å². The molecule has 1 aromatic rings. The van der Waals surface area contributed by atoms with Crippen molar-refractivity contribution >= 4 is 0 Å². The Labute approximate surface area is 71.2 Å². The summed E-state index contributed by atoms with van der Waals surface area (Å²) < 4.78 is 25.8. The summed E-state index contributed by atoms with van der Waals surface area (Å²) in [5.74, 6) is -1.43. The fourth-order valence-corrected chi connectivity index (χ4v) is 1.35. The second-order valence-corrected chi connectivity index (χ2v) is 2.71. The van der Waals surface area contributed by atoms with E-state index < -0.39 is 11.6 Å². The van der Waals surface area contributed by atoms with Gasteiger partial charge in [-0.15, -0.1) is 0 Å². The van der Waals surface area contributed by atoms with Gasteiger partial charge in [-0.1, -0.05) is 19.9 Å². The molecule has 0 aliphatic rings. The van der Waals surface area contributed by atoms with Crippen molar-refractivity contribution in [2.75, 3.05) is 0 Å². The van der Waals surface area contributed by atoms with Crippen LogP contribution in [0.5, 0.6) is 0 Å². The van der Waals surface area contributed by atoms with Crippen molar-refractivity contribution < 1.29 is 8.78 Å². The molecule has 0 heterocycles. The number of hydrogen-bond acceptors (Lipinski definition) is 0. The van der Waals surface area contributed by atoms with Crippen LogP contribution in [0, 0.1) is 11.6 Å². The highest BCUT2D eigenvalue weighted by Gasteiger charge is 2.09. The van der Waals surface area contributed by atoms with Gasteiger partial charge in [0, 0.05) is 0 Å². The number of benzene rings is 1. The largest absolute Gasteiger partial charge is 0.204 e. The van der Waals surface area contributed by atoms with Crippen molar-refractivity contribution in [1.82, 2.24) is 0 Å². The SMILES string of the molecule is CCc1ccc(F)c(F)c1CC. The molecule has 2 heteroatoms. The Morgan fingerprint density at radius 3 is 2.25 bits per heavy atom. The summed E-state index contributed by atoms with van der Waals surface area (Å²) in [6.07, 6.45) is 1.30. The lowest BCUT2D eigenvalue weighted by atomic mass is 10.0. The standard InChI is InChI=1S/C10H12F2/c1-3-7-5-6-9(11)10(12)8(7)4-2/h5-6H,3-4H2,1-2H3. The molecule has 0 saturated carbocycles. The predicted octanol–water partition coefficient (Wildman–Crippen LogP) is 3.09. The molecular formula is C10H12F2. The molecule has 0 aromatic heterocycles. The van der Waals surface area contributed by atoms with Crippen molar-refractivity contribution in [3.63, 3.8) is 0 Å². The quantitative estimate of drug-likeness (QED) is 0.639. The summed E-state index contributed by atoms with van der Waals surface area (Å²) >= 11 is 0. The fourth-order valence-electron chi connectivity index (χ4n) is 1.35. The van der Waals surface area contributed by atoms with Crippen LogP contribution in [0.2, 0.25) is 0 Å². The molecule has 0 bridgehead atoms. The lowest BCUT2D eigenvalue weighted by molar-refractivity contribution is 0.498. The van der Waals surface area contributed by atoms with Gasteiger partial charge in [-0.3, -0.25) is 0 Å². The molecule has 66 valence electrons. The molecular weight excluding hydrogens is 158 g/mol. The van der Waals surface area contributed by atoms with E-state index in [1.807, 2.05) is 13.8 Å². The van der Waals surface area contributed by atoms with Crippen molar-refractivity contribution in [3.8, 4) is 0 Å². The highest BCUT2D eigenvalue weighted by Crippen LogP contribution is 2.17. The smallest absolute Gasteiger partial charge is 0.162 e. The third kappa shape index (κ3) is 1.47. The molecule has 0 saturated heterocycles. The summed E-state index contributed by atoms with van der Waals surface area (Å²) in [5, 5.41) is 0. The Balaban J connectivity index is 3.25. The van der Waals surface area contributed by atoms with Crippen molar-refractivity contribution in [2.24, 2.45) is 0 Å². The van der Waals surface area contributed by atoms with Crippen LogP contribution in [0.1, 0.15) is 25.0 Å². The van der Waals surface area contributed by atoms with E-state index in [-0.39, 0.29) is 0 Å². The highest BCUT2D eigenvalue weighted by atomic mass is 19.2. The second kappa shape index (κ2) is 3.65. The van der Waals surface area contributed by atoms with Gasteiger partial charge >= 0.3 is 0 Å². The first-order valence-electron chi connectivity index (χ1n) is 4.16. The Kier molecular flexibility index (Phi) is 2.79. The van der Waals surface area contributed by atoms with Crippen LogP contribution >= 0.6 is 0 Å². The van der Waals surface area contributed by atoms with E-state index in [9.17, 15) is 8.78 Å². The molecule has 1 aromatic carbocycles. The van der Waals surface area contributed by atoms with Crippen LogP contribution in [0.25, 0.3) is 0 Å². The van der Waals surface area contributed by atoms with Gasteiger partial charge in [-0.2, -0.15) is 0 Å². The molecule has 1 rings (SSSR count). The Morgan fingerprint density at radius 1 is 1.08 bits per heavy atom. The molecule has 0 unspecified atom stereocenters. The maximum absolute atomic E-state index is 13.1. The van der Waals surface area contributed by atoms with E-state index in [4.69, 9.17) is 0 Å². The Morgan fingerprint density at radius 2 is 1.75 bits per heavy atom. The average Bonchev–Trinajstić information content (AvgIpc) is 2.09. The minimum Gasteiger partial charge on any atom is -0.204 e. The van der Waals surface area contributed by atoms with Crippen LogP contribution in [0.4, 0.5) is 8.78 Å². The van der Waals surface area contributed by atoms with Crippen molar-refractivity contribution in [3.05, 3.63) is 34.9 Å². The molecule has 0 amide bonds. The first-order valence-corrected chi connectivity index (χ1v) is 4.16. The van der Waals surface area contributed by atoms with Gasteiger partial charge in [0.05, 0.1) is 0 Å². The zero-order valence-corrected chi connectivity index (χ0v) is 7.32. The Bertz CT molecular complexity index is 279. The second-order valence-electron chi connectivity index (χ2n) is 2.71. The molecule has 0 fully saturated rings. The third-order valence-electron chi connectivity index (χ3n) is 2.03. The first kappa shape index (κ1) is 9.17. The lowest BCUT2D eigenvalue weighted by Gasteiger charge is -2.06. The van der Waals surface area contributed by atoms with Gasteiger partial charge in [0.25, 0.3) is 0 Å². The van der Waals surface area contributed by atoms with E-state index >= 15 is 0 Å². The lowest BCUT2D eigenvalue weighted by Crippen LogP contribution is -1.98. The third-order valence-corrected chi connectivity index (χ3v) is 2.03. The van der Waals surface area contributed by atoms with Gasteiger partial charge in [0.15, 0.2) is 11.6 Å². The molecule has 0 radical (unpaired) electrons. The maximum Gasteiger partial charge on any atom is 0.162 e. The average molecular weight is 170 g/mol. The van der Waals surface area contributed by atoms with Crippen LogP contribution in [-0.4, -0.2) is 0 Å². The van der Waals surface area contributed by atoms with E-state index in [2.05, 4.69) is 0 Å². The van der Waals surface area contributed by atoms with E-state index in [0.717, 1.165) is 12.0 Å². The van der Waals surface area contributed by atoms with Crippen LogP contribution in [0.15, 0.2) is 12.1 Å². The minimum absolute atomic E-state index is 0.512.